The van der Waals surface area contributed by atoms with Gasteiger partial charge in [0.05, 0.1) is 6.20 Å². The first-order chi connectivity index (χ1) is 7.00. The molecule has 4 N–H and O–H groups in total. The maximum absolute atomic E-state index is 11.4. The third kappa shape index (κ3) is 2.94. The Morgan fingerprint density at radius 3 is 2.53 bits per heavy atom. The SMILES string of the molecule is NC(=O)CCC(=O)c1ncc(O)cc1O. The largest absolute Gasteiger partial charge is 0.506 e. The first kappa shape index (κ1) is 11.0. The number of nitrogens with two attached hydrogens (primary N) is 1. The second-order valence-electron chi connectivity index (χ2n) is 2.95. The van der Waals surface area contributed by atoms with Crippen LogP contribution in [0.15, 0.2) is 12.3 Å². The van der Waals surface area contributed by atoms with E-state index in [1.807, 2.05) is 0 Å². The minimum absolute atomic E-state index is 0.0964. The van der Waals surface area contributed by atoms with E-state index < -0.39 is 17.4 Å². The zero-order chi connectivity index (χ0) is 11.4. The number of Topliss-reactive ketones (excluding diaryl/α,β-unsaturated/α-hetero) is 1. The summed E-state index contributed by atoms with van der Waals surface area (Å²) in [5.74, 6) is -1.74. The number of aromatic hydroxyl groups is 2. The number of ketones is 1. The van der Waals surface area contributed by atoms with Crippen LogP contribution in [0.2, 0.25) is 0 Å². The van der Waals surface area contributed by atoms with Crippen LogP contribution in [0.5, 0.6) is 11.5 Å². The van der Waals surface area contributed by atoms with E-state index in [0.29, 0.717) is 0 Å². The van der Waals surface area contributed by atoms with Gasteiger partial charge < -0.3 is 15.9 Å². The molecular weight excluding hydrogens is 200 g/mol. The lowest BCUT2D eigenvalue weighted by molar-refractivity contribution is -0.118. The molecule has 15 heavy (non-hydrogen) atoms. The third-order valence-corrected chi connectivity index (χ3v) is 1.72. The van der Waals surface area contributed by atoms with Crippen LogP contribution in [0, 0.1) is 0 Å². The quantitative estimate of drug-likeness (QED) is 0.602. The summed E-state index contributed by atoms with van der Waals surface area (Å²) < 4.78 is 0. The van der Waals surface area contributed by atoms with Crippen LogP contribution in [0.3, 0.4) is 0 Å². The van der Waals surface area contributed by atoms with E-state index in [2.05, 4.69) is 4.98 Å². The van der Waals surface area contributed by atoms with Gasteiger partial charge in [-0.15, -0.1) is 0 Å². The highest BCUT2D eigenvalue weighted by Crippen LogP contribution is 2.21. The third-order valence-electron chi connectivity index (χ3n) is 1.72. The van der Waals surface area contributed by atoms with Gasteiger partial charge in [-0.3, -0.25) is 9.59 Å². The average molecular weight is 210 g/mol. The number of pyridine rings is 1. The van der Waals surface area contributed by atoms with Crippen molar-refractivity contribution in [3.63, 3.8) is 0 Å². The van der Waals surface area contributed by atoms with Gasteiger partial charge in [0.1, 0.15) is 17.2 Å². The second-order valence-corrected chi connectivity index (χ2v) is 2.95. The molecule has 0 radical (unpaired) electrons. The Balaban J connectivity index is 2.78. The van der Waals surface area contributed by atoms with Crippen molar-refractivity contribution in [3.05, 3.63) is 18.0 Å². The maximum Gasteiger partial charge on any atom is 0.217 e. The standard InChI is InChI=1S/C9H10N2O4/c10-8(15)2-1-6(13)9-7(14)3-5(12)4-11-9/h3-4,12,14H,1-2H2,(H2,10,15). The van der Waals surface area contributed by atoms with Crippen molar-refractivity contribution in [2.75, 3.05) is 0 Å². The minimum Gasteiger partial charge on any atom is -0.506 e. The molecular formula is C9H10N2O4. The topological polar surface area (TPSA) is 114 Å². The normalized spacial score (nSPS) is 9.87. The number of carbonyl (C=O) groups excluding carboxylic acids is 2. The molecule has 0 aliphatic rings. The first-order valence-electron chi connectivity index (χ1n) is 4.20. The molecule has 0 bridgehead atoms. The van der Waals surface area contributed by atoms with Gasteiger partial charge in [0.2, 0.25) is 5.91 Å². The smallest absolute Gasteiger partial charge is 0.217 e. The van der Waals surface area contributed by atoms with Gasteiger partial charge in [-0.05, 0) is 0 Å². The van der Waals surface area contributed by atoms with Gasteiger partial charge in [-0.1, -0.05) is 0 Å². The molecule has 1 amide bonds. The maximum atomic E-state index is 11.4. The molecule has 0 atom stereocenters. The van der Waals surface area contributed by atoms with Gasteiger partial charge in [-0.2, -0.15) is 0 Å². The van der Waals surface area contributed by atoms with E-state index >= 15 is 0 Å². The van der Waals surface area contributed by atoms with Crippen LogP contribution in [-0.4, -0.2) is 26.9 Å². The van der Waals surface area contributed by atoms with E-state index in [9.17, 15) is 14.7 Å². The molecule has 1 rings (SSSR count). The highest BCUT2D eigenvalue weighted by Gasteiger charge is 2.14. The summed E-state index contributed by atoms with van der Waals surface area (Å²) in [6.07, 6.45) is 0.832. The van der Waals surface area contributed by atoms with Gasteiger partial charge in [-0.25, -0.2) is 4.98 Å². The Kier molecular flexibility index (Phi) is 3.22. The average Bonchev–Trinajstić information content (AvgIpc) is 2.14. The van der Waals surface area contributed by atoms with Crippen molar-refractivity contribution < 1.29 is 19.8 Å². The van der Waals surface area contributed by atoms with Crippen molar-refractivity contribution in [1.29, 1.82) is 0 Å². The molecule has 0 unspecified atom stereocenters. The van der Waals surface area contributed by atoms with Gasteiger partial charge in [0, 0.05) is 18.9 Å². The molecule has 6 heteroatoms. The predicted octanol–water partition coefficient (Wildman–Crippen LogP) is -0.0590. The van der Waals surface area contributed by atoms with Crippen molar-refractivity contribution in [2.45, 2.75) is 12.8 Å². The molecule has 0 aliphatic carbocycles. The molecule has 6 nitrogen and oxygen atoms in total. The molecule has 0 saturated heterocycles. The van der Waals surface area contributed by atoms with Gasteiger partial charge in [0.15, 0.2) is 5.78 Å². The lowest BCUT2D eigenvalue weighted by Gasteiger charge is -2.01. The van der Waals surface area contributed by atoms with E-state index in [0.717, 1.165) is 12.3 Å². The molecule has 1 aromatic heterocycles. The van der Waals surface area contributed by atoms with Crippen molar-refractivity contribution in [1.82, 2.24) is 4.98 Å². The van der Waals surface area contributed by atoms with Crippen LogP contribution >= 0.6 is 0 Å². The summed E-state index contributed by atoms with van der Waals surface area (Å²) >= 11 is 0. The zero-order valence-corrected chi connectivity index (χ0v) is 7.80. The molecule has 0 saturated carbocycles. The highest BCUT2D eigenvalue weighted by molar-refractivity contribution is 5.98. The molecule has 0 spiro atoms. The van der Waals surface area contributed by atoms with E-state index in [1.165, 1.54) is 0 Å². The Bertz CT molecular complexity index is 403. The number of nitrogens with zero attached hydrogens (tertiary/aromatic N) is 1. The zero-order valence-electron chi connectivity index (χ0n) is 7.80. The molecule has 1 aromatic rings. The van der Waals surface area contributed by atoms with Gasteiger partial charge >= 0.3 is 0 Å². The van der Waals surface area contributed by atoms with E-state index in [4.69, 9.17) is 10.8 Å². The fourth-order valence-corrected chi connectivity index (χ4v) is 1.01. The Morgan fingerprint density at radius 2 is 2.00 bits per heavy atom. The van der Waals surface area contributed by atoms with Crippen LogP contribution in [0.25, 0.3) is 0 Å². The number of carbonyl (C=O) groups is 2. The minimum atomic E-state index is -0.596. The van der Waals surface area contributed by atoms with Crippen LogP contribution in [0.4, 0.5) is 0 Å². The summed E-state index contributed by atoms with van der Waals surface area (Å²) in [7, 11) is 0. The summed E-state index contributed by atoms with van der Waals surface area (Å²) in [4.78, 5) is 25.3. The Labute approximate surface area is 85.4 Å². The van der Waals surface area contributed by atoms with Crippen LogP contribution in [-0.2, 0) is 4.79 Å². The highest BCUT2D eigenvalue weighted by atomic mass is 16.3. The molecule has 0 aromatic carbocycles. The summed E-state index contributed by atoms with van der Waals surface area (Å²) in [5.41, 5.74) is 4.69. The summed E-state index contributed by atoms with van der Waals surface area (Å²) in [6, 6.07) is 1.00. The van der Waals surface area contributed by atoms with Crippen molar-refractivity contribution in [2.24, 2.45) is 5.73 Å². The van der Waals surface area contributed by atoms with Crippen molar-refractivity contribution >= 4 is 11.7 Å². The fraction of sp³-hybridized carbons (Fsp3) is 0.222. The molecule has 80 valence electrons. The molecule has 1 heterocycles. The summed E-state index contributed by atoms with van der Waals surface area (Å²) in [5, 5.41) is 18.2. The number of rotatable bonds is 4. The molecule has 0 fully saturated rings. The number of aromatic nitrogens is 1. The number of amides is 1. The monoisotopic (exact) mass is 210 g/mol. The van der Waals surface area contributed by atoms with E-state index in [-0.39, 0.29) is 24.3 Å². The van der Waals surface area contributed by atoms with Gasteiger partial charge in [0.25, 0.3) is 0 Å². The fourth-order valence-electron chi connectivity index (χ4n) is 1.01. The number of hydrogen-bond donors (Lipinski definition) is 3. The van der Waals surface area contributed by atoms with Crippen LogP contribution < -0.4 is 5.73 Å². The lowest BCUT2D eigenvalue weighted by atomic mass is 10.1. The number of primary amides is 1. The predicted molar refractivity (Wildman–Crippen MR) is 50.3 cm³/mol. The number of hydrogen-bond acceptors (Lipinski definition) is 5. The van der Waals surface area contributed by atoms with Crippen molar-refractivity contribution in [3.8, 4) is 11.5 Å². The summed E-state index contributed by atoms with van der Waals surface area (Å²) in [6.45, 7) is 0. The van der Waals surface area contributed by atoms with E-state index in [1.54, 1.807) is 0 Å². The first-order valence-corrected chi connectivity index (χ1v) is 4.20. The second kappa shape index (κ2) is 4.41. The Hall–Kier alpha value is -2.11. The van der Waals surface area contributed by atoms with Crippen LogP contribution in [0.1, 0.15) is 23.3 Å². The Morgan fingerprint density at radius 1 is 1.33 bits per heavy atom. The molecule has 0 aliphatic heterocycles. The lowest BCUT2D eigenvalue weighted by Crippen LogP contribution is -2.13.